The number of carbonyl (C=O) groups is 5. The van der Waals surface area contributed by atoms with Crippen LogP contribution in [-0.4, -0.2) is 108 Å². The van der Waals surface area contributed by atoms with Crippen molar-refractivity contribution in [2.24, 2.45) is 11.5 Å². The maximum Gasteiger partial charge on any atom is 0.255 e. The number of benzene rings is 3. The van der Waals surface area contributed by atoms with E-state index in [0.717, 1.165) is 35.5 Å². The zero-order chi connectivity index (χ0) is 47.2. The molecule has 4 bridgehead atoms. The van der Waals surface area contributed by atoms with Gasteiger partial charge < -0.3 is 52.2 Å². The highest BCUT2D eigenvalue weighted by Gasteiger charge is 2.36. The van der Waals surface area contributed by atoms with Crippen molar-refractivity contribution >= 4 is 29.5 Å². The monoisotopic (exact) mass is 890 g/mol. The number of amides is 5. The fraction of sp³-hybridized carbons (Fsp3) is 0.404. The number of phenolic OH excluding ortho intramolecular Hbond substituents is 1. The predicted octanol–water partition coefficient (Wildman–Crippen LogP) is 2.87. The van der Waals surface area contributed by atoms with Gasteiger partial charge in [0.05, 0.1) is 29.6 Å². The Morgan fingerprint density at radius 1 is 0.938 bits per heavy atom. The first kappa shape index (κ1) is 48.9. The number of unbranched alkanes of at least 4 members (excludes halogenated alkanes) is 2. The van der Waals surface area contributed by atoms with E-state index in [9.17, 15) is 29.1 Å². The fourth-order valence-electron chi connectivity index (χ4n) is 7.49. The van der Waals surface area contributed by atoms with Gasteiger partial charge in [0.1, 0.15) is 54.6 Å². The molecule has 344 valence electrons. The number of nitrogens with two attached hydrogens (primary N) is 2. The minimum Gasteiger partial charge on any atom is -0.507 e. The maximum atomic E-state index is 14.6. The van der Waals surface area contributed by atoms with Crippen molar-refractivity contribution in [1.29, 1.82) is 5.26 Å². The number of aromatic hydroxyl groups is 1. The van der Waals surface area contributed by atoms with Crippen LogP contribution in [0.15, 0.2) is 60.7 Å². The molecule has 1 aliphatic heterocycles. The van der Waals surface area contributed by atoms with Crippen LogP contribution < -0.4 is 42.2 Å². The molecule has 3 aromatic carbocycles. The number of nitriles is 1. The third-order valence-corrected chi connectivity index (χ3v) is 10.9. The molecule has 4 atom stereocenters. The molecule has 0 saturated heterocycles. The second-order valence-electron chi connectivity index (χ2n) is 15.7. The van der Waals surface area contributed by atoms with E-state index in [1.54, 1.807) is 44.2 Å². The van der Waals surface area contributed by atoms with E-state index in [1.807, 2.05) is 30.3 Å². The Labute approximate surface area is 378 Å². The lowest BCUT2D eigenvalue weighted by atomic mass is 9.93. The highest BCUT2D eigenvalue weighted by atomic mass is 16.5. The van der Waals surface area contributed by atoms with Crippen LogP contribution >= 0.6 is 0 Å². The lowest BCUT2D eigenvalue weighted by Gasteiger charge is -2.32. The van der Waals surface area contributed by atoms with Crippen molar-refractivity contribution in [3.8, 4) is 45.8 Å². The quantitative estimate of drug-likeness (QED) is 0.0594. The van der Waals surface area contributed by atoms with Crippen LogP contribution in [0, 0.1) is 25.2 Å². The van der Waals surface area contributed by atoms with Gasteiger partial charge in [0, 0.05) is 36.7 Å². The third-order valence-electron chi connectivity index (χ3n) is 10.9. The number of hydrogen-bond donors (Lipinski definition) is 7. The van der Waals surface area contributed by atoms with Gasteiger partial charge in [-0.05, 0) is 99.8 Å². The van der Waals surface area contributed by atoms with E-state index in [1.165, 1.54) is 20.0 Å². The predicted molar refractivity (Wildman–Crippen MR) is 242 cm³/mol. The molecule has 18 nitrogen and oxygen atoms in total. The topological polar surface area (TPSA) is 277 Å². The molecule has 0 aliphatic carbocycles. The number of nitrogens with zero attached hydrogens (tertiary/aromatic N) is 4. The van der Waals surface area contributed by atoms with E-state index in [0.29, 0.717) is 40.7 Å². The average Bonchev–Trinajstić information content (AvgIpc) is 3.28. The molecule has 1 aromatic heterocycles. The molecule has 0 saturated carbocycles. The van der Waals surface area contributed by atoms with Gasteiger partial charge in [0.15, 0.2) is 5.82 Å². The normalized spacial score (nSPS) is 16.4. The zero-order valence-corrected chi connectivity index (χ0v) is 37.4. The minimum atomic E-state index is -1.43. The van der Waals surface area contributed by atoms with Crippen LogP contribution in [-0.2, 0) is 25.6 Å². The van der Waals surface area contributed by atoms with Crippen LogP contribution in [0.2, 0.25) is 0 Å². The standard InChI is InChI=1S/C47H58N10O8/c1-6-7-8-22-64-33-13-10-31(11-14-33)42-52-27(2)40(28(3)53-42)45(61)55-36(17-18-48)47(63)57(5)41-32-12-16-39(65-23-20-50)35(26-32)34-24-30(9-15-38(34)58)25-37(44(60)51-21-19-49)56-43(59)29(4)54-46(41)62/h9-16,24,26,29,36-37,41,58H,6-8,17-18,20-23,25,48,50H2,1-5H3,(H,51,60)(H,54,62)(H,55,61)(H,56,59). The van der Waals surface area contributed by atoms with Gasteiger partial charge >= 0.3 is 0 Å². The molecule has 0 radical (unpaired) electrons. The van der Waals surface area contributed by atoms with Crippen LogP contribution in [0.25, 0.3) is 22.5 Å². The summed E-state index contributed by atoms with van der Waals surface area (Å²) < 4.78 is 11.8. The first-order valence-corrected chi connectivity index (χ1v) is 21.6. The number of aryl methyl sites for hydroxylation is 2. The molecule has 0 fully saturated rings. The number of aromatic nitrogens is 2. The van der Waals surface area contributed by atoms with E-state index in [2.05, 4.69) is 38.2 Å². The van der Waals surface area contributed by atoms with Crippen molar-refractivity contribution in [1.82, 2.24) is 36.1 Å². The van der Waals surface area contributed by atoms with Gasteiger partial charge in [-0.3, -0.25) is 24.0 Å². The molecular formula is C47H58N10O8. The number of fused-ring (bicyclic) bond motifs is 5. The summed E-state index contributed by atoms with van der Waals surface area (Å²) >= 11 is 0. The Bertz CT molecular complexity index is 2380. The number of rotatable bonds is 17. The molecule has 5 rings (SSSR count). The van der Waals surface area contributed by atoms with E-state index in [4.69, 9.17) is 26.2 Å². The zero-order valence-electron chi connectivity index (χ0n) is 37.4. The van der Waals surface area contributed by atoms with Crippen molar-refractivity contribution in [3.63, 3.8) is 0 Å². The molecule has 4 unspecified atom stereocenters. The number of phenols is 1. The van der Waals surface area contributed by atoms with Crippen molar-refractivity contribution in [3.05, 3.63) is 88.7 Å². The third kappa shape index (κ3) is 12.3. The van der Waals surface area contributed by atoms with Gasteiger partial charge in [0.2, 0.25) is 23.6 Å². The van der Waals surface area contributed by atoms with Crippen molar-refractivity contribution < 1.29 is 38.6 Å². The Morgan fingerprint density at radius 2 is 1.66 bits per heavy atom. The Kier molecular flexibility index (Phi) is 17.3. The van der Waals surface area contributed by atoms with Crippen molar-refractivity contribution in [2.75, 3.05) is 39.9 Å². The second kappa shape index (κ2) is 23.0. The Morgan fingerprint density at radius 3 is 2.32 bits per heavy atom. The SMILES string of the molecule is CCCCCOc1ccc(-c2nc(C)c(C(=O)NC(CCN)C(=O)N(C)C3C(=O)NC(C)C(=O)NC(C(=O)NCC#N)Cc4ccc(O)c(c4)-c4cc3ccc4OCCN)c(C)n2)cc1. The average molecular weight is 891 g/mol. The van der Waals surface area contributed by atoms with Gasteiger partial charge in [-0.25, -0.2) is 9.97 Å². The lowest BCUT2D eigenvalue weighted by Crippen LogP contribution is -2.56. The highest BCUT2D eigenvalue weighted by molar-refractivity contribution is 6.00. The summed E-state index contributed by atoms with van der Waals surface area (Å²) in [7, 11) is 1.39. The summed E-state index contributed by atoms with van der Waals surface area (Å²) in [5.74, 6) is -2.20. The van der Waals surface area contributed by atoms with Crippen LogP contribution in [0.5, 0.6) is 17.2 Å². The molecular weight excluding hydrogens is 833 g/mol. The Balaban J connectivity index is 1.49. The van der Waals surface area contributed by atoms with Gasteiger partial charge in [-0.15, -0.1) is 0 Å². The molecule has 5 amide bonds. The largest absolute Gasteiger partial charge is 0.507 e. The molecule has 1 aliphatic rings. The summed E-state index contributed by atoms with van der Waals surface area (Å²) in [6, 6.07) is 13.5. The first-order chi connectivity index (χ1) is 31.2. The lowest BCUT2D eigenvalue weighted by molar-refractivity contribution is -0.141. The summed E-state index contributed by atoms with van der Waals surface area (Å²) in [5.41, 5.74) is 14.8. The van der Waals surface area contributed by atoms with Crippen LogP contribution in [0.1, 0.15) is 78.4 Å². The van der Waals surface area contributed by atoms with E-state index >= 15 is 0 Å². The molecule has 2 heterocycles. The highest BCUT2D eigenvalue weighted by Crippen LogP contribution is 2.39. The number of hydrogen-bond acceptors (Lipinski definition) is 13. The molecule has 9 N–H and O–H groups in total. The summed E-state index contributed by atoms with van der Waals surface area (Å²) in [6.07, 6.45) is 3.09. The number of nitrogens with one attached hydrogen (secondary N) is 4. The van der Waals surface area contributed by atoms with Gasteiger partial charge in [-0.2, -0.15) is 5.26 Å². The Hall–Kier alpha value is -7.10. The number of likely N-dealkylation sites (N-methyl/N-ethyl adjacent to an activating group) is 1. The van der Waals surface area contributed by atoms with Crippen molar-refractivity contribution in [2.45, 2.75) is 84.0 Å². The smallest absolute Gasteiger partial charge is 0.255 e. The number of ether oxygens (including phenoxy) is 2. The number of carbonyl (C=O) groups excluding carboxylic acids is 5. The fourth-order valence-corrected chi connectivity index (χ4v) is 7.49. The van der Waals surface area contributed by atoms with Crippen LogP contribution in [0.4, 0.5) is 0 Å². The maximum absolute atomic E-state index is 14.6. The molecule has 65 heavy (non-hydrogen) atoms. The van der Waals surface area contributed by atoms with Gasteiger partial charge in [0.25, 0.3) is 5.91 Å². The molecule has 4 aromatic rings. The molecule has 18 heteroatoms. The minimum absolute atomic E-state index is 0.0135. The van der Waals surface area contributed by atoms with Crippen LogP contribution in [0.3, 0.4) is 0 Å². The summed E-state index contributed by atoms with van der Waals surface area (Å²) in [6.45, 7) is 7.47. The van der Waals surface area contributed by atoms with E-state index in [-0.39, 0.29) is 61.5 Å². The molecule has 0 spiro atoms. The summed E-state index contributed by atoms with van der Waals surface area (Å²) in [4.78, 5) is 80.4. The summed E-state index contributed by atoms with van der Waals surface area (Å²) in [5, 5.41) is 30.9. The second-order valence-corrected chi connectivity index (χ2v) is 15.7. The van der Waals surface area contributed by atoms with E-state index < -0.39 is 53.7 Å². The first-order valence-electron chi connectivity index (χ1n) is 21.6. The van der Waals surface area contributed by atoms with Gasteiger partial charge in [-0.1, -0.05) is 31.9 Å².